The maximum atomic E-state index is 12.1. The summed E-state index contributed by atoms with van der Waals surface area (Å²) in [6.07, 6.45) is 0. The van der Waals surface area contributed by atoms with Gasteiger partial charge in [-0.25, -0.2) is 0 Å². The van der Waals surface area contributed by atoms with Crippen molar-refractivity contribution < 1.29 is 18.5 Å². The zero-order valence-corrected chi connectivity index (χ0v) is 11.7. The first-order chi connectivity index (χ1) is 10.2. The maximum Gasteiger partial charge on any atom is 0.292 e. The van der Waals surface area contributed by atoms with E-state index in [1.165, 1.54) is 0 Å². The molecule has 0 saturated heterocycles. The summed E-state index contributed by atoms with van der Waals surface area (Å²) in [4.78, 5) is 12.1. The Morgan fingerprint density at radius 1 is 1.38 bits per heavy atom. The third-order valence-electron chi connectivity index (χ3n) is 2.90. The SMILES string of the molecule is CCOc1cccc2cc(C(=O)Nc3cc(C)on3)oc12. The minimum atomic E-state index is -0.387. The molecule has 0 aliphatic heterocycles. The van der Waals surface area contributed by atoms with Crippen molar-refractivity contribution in [1.82, 2.24) is 5.16 Å². The van der Waals surface area contributed by atoms with E-state index >= 15 is 0 Å². The van der Waals surface area contributed by atoms with Gasteiger partial charge in [0, 0.05) is 11.5 Å². The summed E-state index contributed by atoms with van der Waals surface area (Å²) in [5.74, 6) is 1.39. The number of benzene rings is 1. The van der Waals surface area contributed by atoms with Crippen LogP contribution >= 0.6 is 0 Å². The van der Waals surface area contributed by atoms with Gasteiger partial charge in [0.1, 0.15) is 5.76 Å². The number of anilines is 1. The van der Waals surface area contributed by atoms with Gasteiger partial charge in [-0.1, -0.05) is 17.3 Å². The molecule has 21 heavy (non-hydrogen) atoms. The molecular weight excluding hydrogens is 272 g/mol. The van der Waals surface area contributed by atoms with Crippen molar-refractivity contribution in [3.05, 3.63) is 41.9 Å². The molecule has 0 aliphatic rings. The number of hydrogen-bond donors (Lipinski definition) is 1. The van der Waals surface area contributed by atoms with Crippen molar-refractivity contribution in [3.8, 4) is 5.75 Å². The summed E-state index contributed by atoms with van der Waals surface area (Å²) < 4.78 is 16.0. The number of aryl methyl sites for hydroxylation is 1. The lowest BCUT2D eigenvalue weighted by Crippen LogP contribution is -2.10. The van der Waals surface area contributed by atoms with Crippen LogP contribution in [0.5, 0.6) is 5.75 Å². The van der Waals surface area contributed by atoms with E-state index in [1.54, 1.807) is 25.1 Å². The molecule has 0 fully saturated rings. The lowest BCUT2D eigenvalue weighted by Gasteiger charge is -2.02. The van der Waals surface area contributed by atoms with E-state index in [0.717, 1.165) is 5.39 Å². The number of hydrogen-bond acceptors (Lipinski definition) is 5. The average Bonchev–Trinajstić information content (AvgIpc) is 3.06. The van der Waals surface area contributed by atoms with Crippen LogP contribution in [0.4, 0.5) is 5.82 Å². The van der Waals surface area contributed by atoms with Crippen LogP contribution in [0, 0.1) is 6.92 Å². The van der Waals surface area contributed by atoms with Crippen molar-refractivity contribution in [2.75, 3.05) is 11.9 Å². The van der Waals surface area contributed by atoms with Gasteiger partial charge in [-0.15, -0.1) is 0 Å². The van der Waals surface area contributed by atoms with Crippen LogP contribution in [0.1, 0.15) is 23.2 Å². The smallest absolute Gasteiger partial charge is 0.292 e. The molecule has 108 valence electrons. The number of carbonyl (C=O) groups excluding carboxylic acids is 1. The summed E-state index contributed by atoms with van der Waals surface area (Å²) >= 11 is 0. The number of amides is 1. The first-order valence-corrected chi connectivity index (χ1v) is 6.57. The summed E-state index contributed by atoms with van der Waals surface area (Å²) in [6.45, 7) is 4.17. The van der Waals surface area contributed by atoms with Crippen LogP contribution in [0.25, 0.3) is 11.0 Å². The number of para-hydroxylation sites is 1. The first kappa shape index (κ1) is 13.2. The minimum Gasteiger partial charge on any atom is -0.490 e. The summed E-state index contributed by atoms with van der Waals surface area (Å²) in [7, 11) is 0. The van der Waals surface area contributed by atoms with Crippen LogP contribution in [-0.4, -0.2) is 17.7 Å². The minimum absolute atomic E-state index is 0.192. The molecule has 1 N–H and O–H groups in total. The van der Waals surface area contributed by atoms with Crippen molar-refractivity contribution in [2.24, 2.45) is 0 Å². The highest BCUT2D eigenvalue weighted by Crippen LogP contribution is 2.29. The van der Waals surface area contributed by atoms with Gasteiger partial charge in [0.25, 0.3) is 5.91 Å². The number of furan rings is 1. The molecule has 0 radical (unpaired) electrons. The molecule has 0 bridgehead atoms. The monoisotopic (exact) mass is 286 g/mol. The maximum absolute atomic E-state index is 12.1. The van der Waals surface area contributed by atoms with Gasteiger partial charge in [-0.3, -0.25) is 4.79 Å². The van der Waals surface area contributed by atoms with E-state index in [4.69, 9.17) is 13.7 Å². The number of rotatable bonds is 4. The molecule has 6 nitrogen and oxygen atoms in total. The van der Waals surface area contributed by atoms with Crippen molar-refractivity contribution >= 4 is 22.7 Å². The number of nitrogens with one attached hydrogen (secondary N) is 1. The van der Waals surface area contributed by atoms with Gasteiger partial charge in [-0.05, 0) is 26.0 Å². The third kappa shape index (κ3) is 2.60. The number of fused-ring (bicyclic) bond motifs is 1. The molecular formula is C15H14N2O4. The van der Waals surface area contributed by atoms with Gasteiger partial charge in [0.2, 0.25) is 0 Å². The second-order valence-corrected chi connectivity index (χ2v) is 4.50. The fraction of sp³-hybridized carbons (Fsp3) is 0.200. The Hall–Kier alpha value is -2.76. The van der Waals surface area contributed by atoms with Gasteiger partial charge >= 0.3 is 0 Å². The molecule has 1 aromatic carbocycles. The molecule has 0 spiro atoms. The van der Waals surface area contributed by atoms with E-state index in [-0.39, 0.29) is 11.7 Å². The molecule has 6 heteroatoms. The lowest BCUT2D eigenvalue weighted by atomic mass is 10.2. The second kappa shape index (κ2) is 5.32. The highest BCUT2D eigenvalue weighted by atomic mass is 16.5. The molecule has 0 aliphatic carbocycles. The number of aromatic nitrogens is 1. The van der Waals surface area contributed by atoms with Crippen LogP contribution < -0.4 is 10.1 Å². The Labute approximate surface area is 120 Å². The van der Waals surface area contributed by atoms with Crippen molar-refractivity contribution in [2.45, 2.75) is 13.8 Å². The van der Waals surface area contributed by atoms with Crippen LogP contribution in [-0.2, 0) is 0 Å². The number of nitrogens with zero attached hydrogens (tertiary/aromatic N) is 1. The number of ether oxygens (including phenoxy) is 1. The fourth-order valence-corrected chi connectivity index (χ4v) is 2.02. The Bertz CT molecular complexity index is 788. The second-order valence-electron chi connectivity index (χ2n) is 4.50. The molecule has 2 heterocycles. The number of carbonyl (C=O) groups is 1. The van der Waals surface area contributed by atoms with Crippen LogP contribution in [0.2, 0.25) is 0 Å². The largest absolute Gasteiger partial charge is 0.490 e. The highest BCUT2D eigenvalue weighted by molar-refractivity contribution is 6.04. The predicted molar refractivity (Wildman–Crippen MR) is 76.6 cm³/mol. The van der Waals surface area contributed by atoms with E-state index in [0.29, 0.717) is 29.5 Å². The van der Waals surface area contributed by atoms with E-state index < -0.39 is 0 Å². The highest BCUT2D eigenvalue weighted by Gasteiger charge is 2.16. The molecule has 0 atom stereocenters. The summed E-state index contributed by atoms with van der Waals surface area (Å²) in [5.41, 5.74) is 0.556. The normalized spacial score (nSPS) is 10.8. The van der Waals surface area contributed by atoms with Gasteiger partial charge in [0.15, 0.2) is 22.9 Å². The third-order valence-corrected chi connectivity index (χ3v) is 2.90. The standard InChI is InChI=1S/C15H14N2O4/c1-3-19-11-6-4-5-10-8-12(20-14(10)11)15(18)16-13-7-9(2)21-17-13/h4-8H,3H2,1-2H3,(H,16,17,18). The Balaban J connectivity index is 1.90. The average molecular weight is 286 g/mol. The lowest BCUT2D eigenvalue weighted by molar-refractivity contribution is 0.0997. The molecule has 0 saturated carbocycles. The van der Waals surface area contributed by atoms with E-state index in [1.807, 2.05) is 19.1 Å². The van der Waals surface area contributed by atoms with Crippen LogP contribution in [0.15, 0.2) is 39.3 Å². The molecule has 3 aromatic rings. The Kier molecular flexibility index (Phi) is 3.35. The topological polar surface area (TPSA) is 77.5 Å². The zero-order chi connectivity index (χ0) is 14.8. The van der Waals surface area contributed by atoms with Gasteiger partial charge in [0.05, 0.1) is 6.61 Å². The Morgan fingerprint density at radius 3 is 2.95 bits per heavy atom. The van der Waals surface area contributed by atoms with E-state index in [9.17, 15) is 4.79 Å². The van der Waals surface area contributed by atoms with Gasteiger partial charge in [-0.2, -0.15) is 0 Å². The van der Waals surface area contributed by atoms with E-state index in [2.05, 4.69) is 10.5 Å². The van der Waals surface area contributed by atoms with Gasteiger partial charge < -0.3 is 19.0 Å². The van der Waals surface area contributed by atoms with Crippen LogP contribution in [0.3, 0.4) is 0 Å². The fourth-order valence-electron chi connectivity index (χ4n) is 2.02. The molecule has 2 aromatic heterocycles. The quantitative estimate of drug-likeness (QED) is 0.795. The Morgan fingerprint density at radius 2 is 2.24 bits per heavy atom. The summed E-state index contributed by atoms with van der Waals surface area (Å²) in [6, 6.07) is 8.81. The van der Waals surface area contributed by atoms with Crippen molar-refractivity contribution in [3.63, 3.8) is 0 Å². The van der Waals surface area contributed by atoms with Crippen molar-refractivity contribution in [1.29, 1.82) is 0 Å². The first-order valence-electron chi connectivity index (χ1n) is 6.57. The predicted octanol–water partition coefficient (Wildman–Crippen LogP) is 3.38. The molecule has 3 rings (SSSR count). The molecule has 1 amide bonds. The zero-order valence-electron chi connectivity index (χ0n) is 11.7. The summed E-state index contributed by atoms with van der Waals surface area (Å²) in [5, 5.41) is 7.13. The molecule has 0 unspecified atom stereocenters.